The fourth-order valence-corrected chi connectivity index (χ4v) is 3.61. The van der Waals surface area contributed by atoms with E-state index in [4.69, 9.17) is 4.74 Å². The first-order valence-corrected chi connectivity index (χ1v) is 9.48. The molecule has 1 aromatic carbocycles. The zero-order chi connectivity index (χ0) is 20.3. The van der Waals surface area contributed by atoms with Crippen molar-refractivity contribution in [2.45, 2.75) is 38.9 Å². The third-order valence-electron chi connectivity index (χ3n) is 5.24. The Kier molecular flexibility index (Phi) is 6.02. The molecule has 3 rings (SSSR count). The lowest BCUT2D eigenvalue weighted by atomic mass is 10.1. The van der Waals surface area contributed by atoms with E-state index in [-0.39, 0.29) is 30.0 Å². The van der Waals surface area contributed by atoms with E-state index in [9.17, 15) is 9.18 Å². The number of amides is 2. The number of anilines is 1. The van der Waals surface area contributed by atoms with Crippen LogP contribution in [0.25, 0.3) is 0 Å². The number of urea groups is 1. The van der Waals surface area contributed by atoms with Crippen LogP contribution in [0.15, 0.2) is 42.7 Å². The van der Waals surface area contributed by atoms with Crippen LogP contribution >= 0.6 is 0 Å². The molecule has 1 saturated heterocycles. The Balaban J connectivity index is 1.67. The maximum atomic E-state index is 14.1. The summed E-state index contributed by atoms with van der Waals surface area (Å²) in [5.41, 5.74) is 1.50. The van der Waals surface area contributed by atoms with E-state index in [1.54, 1.807) is 19.4 Å². The third-order valence-corrected chi connectivity index (χ3v) is 5.24. The monoisotopic (exact) mass is 386 g/mol. The van der Waals surface area contributed by atoms with Crippen LogP contribution in [0.5, 0.6) is 5.75 Å². The minimum atomic E-state index is -0.342. The van der Waals surface area contributed by atoms with Gasteiger partial charge >= 0.3 is 6.03 Å². The molecule has 1 aliphatic rings. The van der Waals surface area contributed by atoms with E-state index >= 15 is 0 Å². The smallest absolute Gasteiger partial charge is 0.318 e. The van der Waals surface area contributed by atoms with Gasteiger partial charge in [-0.05, 0) is 44.5 Å². The zero-order valence-corrected chi connectivity index (χ0v) is 16.7. The van der Waals surface area contributed by atoms with E-state index in [0.29, 0.717) is 18.8 Å². The molecule has 1 fully saturated rings. The Hall–Kier alpha value is -2.83. The second-order valence-corrected chi connectivity index (χ2v) is 7.28. The molecular formula is C21H27FN4O2. The average molecular weight is 386 g/mol. The SMILES string of the molecule is COc1cccc([C@@H](C)NC(=O)N2C[C@@H](C)N(c3ccncc3F)C[C@H]2C)c1. The molecule has 150 valence electrons. The molecule has 0 spiro atoms. The van der Waals surface area contributed by atoms with Crippen molar-refractivity contribution in [3.63, 3.8) is 0 Å². The van der Waals surface area contributed by atoms with Gasteiger partial charge in [-0.1, -0.05) is 12.1 Å². The lowest BCUT2D eigenvalue weighted by Crippen LogP contribution is -2.60. The molecule has 0 bridgehead atoms. The highest BCUT2D eigenvalue weighted by molar-refractivity contribution is 5.75. The van der Waals surface area contributed by atoms with Gasteiger partial charge in [0.15, 0.2) is 5.82 Å². The third kappa shape index (κ3) is 4.18. The van der Waals surface area contributed by atoms with Gasteiger partial charge in [-0.2, -0.15) is 0 Å². The van der Waals surface area contributed by atoms with Crippen LogP contribution in [0.3, 0.4) is 0 Å². The molecule has 2 amide bonds. The molecule has 0 unspecified atom stereocenters. The number of methoxy groups -OCH3 is 1. The number of aromatic nitrogens is 1. The summed E-state index contributed by atoms with van der Waals surface area (Å²) in [6, 6.07) is 9.00. The fourth-order valence-electron chi connectivity index (χ4n) is 3.61. The number of hydrogen-bond acceptors (Lipinski definition) is 4. The molecule has 28 heavy (non-hydrogen) atoms. The predicted octanol–water partition coefficient (Wildman–Crippen LogP) is 3.60. The molecule has 1 N–H and O–H groups in total. The van der Waals surface area contributed by atoms with Gasteiger partial charge in [-0.25, -0.2) is 9.18 Å². The number of piperazine rings is 1. The van der Waals surface area contributed by atoms with Crippen LogP contribution in [-0.2, 0) is 0 Å². The number of carbonyl (C=O) groups excluding carboxylic acids is 1. The highest BCUT2D eigenvalue weighted by atomic mass is 19.1. The second kappa shape index (κ2) is 8.46. The van der Waals surface area contributed by atoms with Crippen molar-refractivity contribution in [1.29, 1.82) is 0 Å². The summed E-state index contributed by atoms with van der Waals surface area (Å²) in [4.78, 5) is 20.5. The largest absolute Gasteiger partial charge is 0.497 e. The van der Waals surface area contributed by atoms with Gasteiger partial charge in [0.1, 0.15) is 5.75 Å². The lowest BCUT2D eigenvalue weighted by Gasteiger charge is -2.45. The molecule has 0 saturated carbocycles. The molecule has 2 aromatic rings. The van der Waals surface area contributed by atoms with Crippen molar-refractivity contribution in [2.75, 3.05) is 25.1 Å². The quantitative estimate of drug-likeness (QED) is 0.872. The van der Waals surface area contributed by atoms with Crippen LogP contribution in [0.2, 0.25) is 0 Å². The van der Waals surface area contributed by atoms with E-state index in [1.165, 1.54) is 6.20 Å². The lowest BCUT2D eigenvalue weighted by molar-refractivity contribution is 0.158. The number of nitrogens with one attached hydrogen (secondary N) is 1. The number of halogens is 1. The van der Waals surface area contributed by atoms with E-state index in [1.807, 2.05) is 54.8 Å². The second-order valence-electron chi connectivity index (χ2n) is 7.28. The van der Waals surface area contributed by atoms with Crippen LogP contribution in [0.1, 0.15) is 32.4 Å². The number of benzene rings is 1. The van der Waals surface area contributed by atoms with Crippen LogP contribution in [0, 0.1) is 5.82 Å². The number of rotatable bonds is 4. The highest BCUT2D eigenvalue weighted by Gasteiger charge is 2.33. The predicted molar refractivity (Wildman–Crippen MR) is 107 cm³/mol. The Labute approximate surface area is 165 Å². The summed E-state index contributed by atoms with van der Waals surface area (Å²) in [6.07, 6.45) is 2.81. The Bertz CT molecular complexity index is 832. The minimum Gasteiger partial charge on any atom is -0.497 e. The molecular weight excluding hydrogens is 359 g/mol. The van der Waals surface area contributed by atoms with Crippen molar-refractivity contribution in [2.24, 2.45) is 0 Å². The first kappa shape index (κ1) is 19.9. The molecule has 2 heterocycles. The summed E-state index contributed by atoms with van der Waals surface area (Å²) < 4.78 is 19.4. The maximum absolute atomic E-state index is 14.1. The average Bonchev–Trinajstić information content (AvgIpc) is 2.70. The molecule has 1 aromatic heterocycles. The molecule has 3 atom stereocenters. The van der Waals surface area contributed by atoms with Crippen LogP contribution in [-0.4, -0.2) is 48.2 Å². The molecule has 0 radical (unpaired) electrons. The standard InChI is InChI=1S/C21H27FN4O2/c1-14-13-26(15(2)12-25(14)20-8-9-23-11-19(20)22)21(27)24-16(3)17-6-5-7-18(10-17)28-4/h5-11,14-16H,12-13H2,1-4H3,(H,24,27)/t14-,15-,16-/m1/s1. The first-order valence-electron chi connectivity index (χ1n) is 9.48. The zero-order valence-electron chi connectivity index (χ0n) is 16.7. The fraction of sp³-hybridized carbons (Fsp3) is 0.429. The number of hydrogen-bond donors (Lipinski definition) is 1. The normalized spacial score (nSPS) is 20.6. The van der Waals surface area contributed by atoms with Crippen molar-refractivity contribution in [3.8, 4) is 5.75 Å². The van der Waals surface area contributed by atoms with Gasteiger partial charge in [0.25, 0.3) is 0 Å². The molecule has 6 nitrogen and oxygen atoms in total. The minimum absolute atomic E-state index is 0.00836. The Morgan fingerprint density at radius 3 is 2.79 bits per heavy atom. The highest BCUT2D eigenvalue weighted by Crippen LogP contribution is 2.26. The van der Waals surface area contributed by atoms with Crippen LogP contribution < -0.4 is 15.0 Å². The number of nitrogens with zero attached hydrogens (tertiary/aromatic N) is 3. The van der Waals surface area contributed by atoms with Gasteiger partial charge in [-0.3, -0.25) is 4.98 Å². The topological polar surface area (TPSA) is 57.7 Å². The summed E-state index contributed by atoms with van der Waals surface area (Å²) >= 11 is 0. The van der Waals surface area contributed by atoms with E-state index in [0.717, 1.165) is 11.3 Å². The van der Waals surface area contributed by atoms with Gasteiger partial charge in [0.05, 0.1) is 25.0 Å². The first-order chi connectivity index (χ1) is 13.4. The van der Waals surface area contributed by atoms with Crippen LogP contribution in [0.4, 0.5) is 14.9 Å². The van der Waals surface area contributed by atoms with Crippen molar-refractivity contribution >= 4 is 11.7 Å². The molecule has 7 heteroatoms. The van der Waals surface area contributed by atoms with E-state index < -0.39 is 0 Å². The van der Waals surface area contributed by atoms with Gasteiger partial charge in [-0.15, -0.1) is 0 Å². The Morgan fingerprint density at radius 2 is 2.07 bits per heavy atom. The summed E-state index contributed by atoms with van der Waals surface area (Å²) in [5.74, 6) is 0.416. The van der Waals surface area contributed by atoms with Crippen molar-refractivity contribution < 1.29 is 13.9 Å². The van der Waals surface area contributed by atoms with E-state index in [2.05, 4.69) is 10.3 Å². The summed E-state index contributed by atoms with van der Waals surface area (Å²) in [6.45, 7) is 7.00. The molecule has 1 aliphatic heterocycles. The number of pyridine rings is 1. The van der Waals surface area contributed by atoms with Gasteiger partial charge in [0.2, 0.25) is 0 Å². The Morgan fingerprint density at radius 1 is 1.29 bits per heavy atom. The van der Waals surface area contributed by atoms with Gasteiger partial charge in [0, 0.05) is 31.4 Å². The number of ether oxygens (including phenoxy) is 1. The summed E-state index contributed by atoms with van der Waals surface area (Å²) in [7, 11) is 1.62. The van der Waals surface area contributed by atoms with Crippen molar-refractivity contribution in [3.05, 3.63) is 54.1 Å². The number of carbonyl (C=O) groups is 1. The molecule has 0 aliphatic carbocycles. The van der Waals surface area contributed by atoms with Gasteiger partial charge < -0.3 is 19.9 Å². The van der Waals surface area contributed by atoms with Crippen molar-refractivity contribution in [1.82, 2.24) is 15.2 Å². The summed E-state index contributed by atoms with van der Waals surface area (Å²) in [5, 5.41) is 3.06. The maximum Gasteiger partial charge on any atom is 0.318 e.